The number of hydrogen-bond acceptors (Lipinski definition) is 4. The van der Waals surface area contributed by atoms with Crippen molar-refractivity contribution in [3.8, 4) is 0 Å². The Hall–Kier alpha value is -0.890. The molecule has 1 aromatic carbocycles. The molecule has 1 atom stereocenters. The Balaban J connectivity index is 2.32. The van der Waals surface area contributed by atoms with Crippen molar-refractivity contribution in [2.45, 2.75) is 31.7 Å². The third-order valence-corrected chi connectivity index (χ3v) is 6.66. The van der Waals surface area contributed by atoms with E-state index in [1.165, 1.54) is 6.07 Å². The van der Waals surface area contributed by atoms with Crippen LogP contribution in [0.4, 0.5) is 5.69 Å². The molecule has 0 bridgehead atoms. The first kappa shape index (κ1) is 16.5. The highest BCUT2D eigenvalue weighted by Crippen LogP contribution is 2.28. The second kappa shape index (κ2) is 6.08. The van der Waals surface area contributed by atoms with Crippen LogP contribution in [0.25, 0.3) is 0 Å². The van der Waals surface area contributed by atoms with E-state index in [1.54, 1.807) is 24.3 Å². The van der Waals surface area contributed by atoms with Gasteiger partial charge in [0.25, 0.3) is 0 Å². The molecule has 4 nitrogen and oxygen atoms in total. The van der Waals surface area contributed by atoms with Gasteiger partial charge in [-0.15, -0.1) is 11.3 Å². The van der Waals surface area contributed by atoms with Crippen LogP contribution >= 0.6 is 27.3 Å². The molecule has 0 radical (unpaired) electrons. The van der Waals surface area contributed by atoms with Gasteiger partial charge in [-0.25, -0.2) is 13.1 Å². The summed E-state index contributed by atoms with van der Waals surface area (Å²) in [6.07, 6.45) is 0. The Morgan fingerprint density at radius 2 is 1.95 bits per heavy atom. The van der Waals surface area contributed by atoms with Crippen molar-refractivity contribution in [1.82, 2.24) is 4.72 Å². The predicted molar refractivity (Wildman–Crippen MR) is 91.1 cm³/mol. The first-order valence-corrected chi connectivity index (χ1v) is 9.44. The van der Waals surface area contributed by atoms with Crippen LogP contribution in [0.3, 0.4) is 0 Å². The molecule has 1 unspecified atom stereocenters. The van der Waals surface area contributed by atoms with Gasteiger partial charge in [0, 0.05) is 19.9 Å². The highest BCUT2D eigenvalue weighted by atomic mass is 79.9. The zero-order valence-corrected chi connectivity index (χ0v) is 15.2. The molecule has 0 aliphatic carbocycles. The number of hydrogen-bond donors (Lipinski definition) is 2. The Morgan fingerprint density at radius 1 is 1.29 bits per heavy atom. The lowest BCUT2D eigenvalue weighted by molar-refractivity contribution is 0.568. The lowest BCUT2D eigenvalue weighted by Gasteiger charge is -2.15. The zero-order chi connectivity index (χ0) is 15.8. The standard InChI is InChI=1S/C14H17BrN2O2S2/c1-8-6-11(15)12(16)7-14(8)21(18,19)17-10(3)13-5-4-9(2)20-13/h4-7,10,17H,16H2,1-3H3. The predicted octanol–water partition coefficient (Wildman–Crippen LogP) is 3.75. The normalized spacial score (nSPS) is 13.3. The van der Waals surface area contributed by atoms with Crippen LogP contribution in [-0.2, 0) is 10.0 Å². The number of nitrogen functional groups attached to an aromatic ring is 1. The molecule has 21 heavy (non-hydrogen) atoms. The first-order chi connectivity index (χ1) is 9.70. The van der Waals surface area contributed by atoms with Gasteiger partial charge in [-0.2, -0.15) is 0 Å². The van der Waals surface area contributed by atoms with Crippen LogP contribution in [0, 0.1) is 13.8 Å². The van der Waals surface area contributed by atoms with Gasteiger partial charge in [-0.3, -0.25) is 0 Å². The van der Waals surface area contributed by atoms with Crippen LogP contribution < -0.4 is 10.5 Å². The fraction of sp³-hybridized carbons (Fsp3) is 0.286. The van der Waals surface area contributed by atoms with E-state index < -0.39 is 10.0 Å². The van der Waals surface area contributed by atoms with Gasteiger partial charge in [-0.05, 0) is 66.5 Å². The monoisotopic (exact) mass is 388 g/mol. The van der Waals surface area contributed by atoms with E-state index in [2.05, 4.69) is 20.7 Å². The van der Waals surface area contributed by atoms with Gasteiger partial charge in [0.2, 0.25) is 10.0 Å². The van der Waals surface area contributed by atoms with Crippen molar-refractivity contribution in [2.75, 3.05) is 5.73 Å². The van der Waals surface area contributed by atoms with E-state index in [1.807, 2.05) is 26.0 Å². The van der Waals surface area contributed by atoms with E-state index in [0.29, 0.717) is 15.7 Å². The second-order valence-electron chi connectivity index (χ2n) is 4.93. The Morgan fingerprint density at radius 3 is 2.52 bits per heavy atom. The number of halogens is 1. The van der Waals surface area contributed by atoms with Crippen LogP contribution in [0.2, 0.25) is 0 Å². The van der Waals surface area contributed by atoms with Gasteiger partial charge < -0.3 is 5.73 Å². The average Bonchev–Trinajstić information content (AvgIpc) is 2.80. The van der Waals surface area contributed by atoms with Crippen molar-refractivity contribution >= 4 is 43.0 Å². The summed E-state index contributed by atoms with van der Waals surface area (Å²) < 4.78 is 28.5. The van der Waals surface area contributed by atoms with Crippen LogP contribution in [0.1, 0.15) is 28.3 Å². The molecule has 0 aliphatic heterocycles. The minimum atomic E-state index is -3.61. The van der Waals surface area contributed by atoms with Crippen molar-refractivity contribution in [3.05, 3.63) is 44.1 Å². The average molecular weight is 389 g/mol. The summed E-state index contributed by atoms with van der Waals surface area (Å²) in [6, 6.07) is 6.83. The lowest BCUT2D eigenvalue weighted by atomic mass is 10.2. The molecule has 0 aliphatic rings. The molecule has 0 saturated heterocycles. The van der Waals surface area contributed by atoms with Gasteiger partial charge >= 0.3 is 0 Å². The van der Waals surface area contributed by atoms with Crippen molar-refractivity contribution in [1.29, 1.82) is 0 Å². The molecule has 1 heterocycles. The van der Waals surface area contributed by atoms with Crippen LogP contribution in [-0.4, -0.2) is 8.42 Å². The van der Waals surface area contributed by atoms with Crippen molar-refractivity contribution < 1.29 is 8.42 Å². The molecule has 0 spiro atoms. The summed E-state index contributed by atoms with van der Waals surface area (Å²) in [5.41, 5.74) is 6.85. The number of rotatable bonds is 4. The van der Waals surface area contributed by atoms with Gasteiger partial charge in [0.15, 0.2) is 0 Å². The van der Waals surface area contributed by atoms with Crippen LogP contribution in [0.5, 0.6) is 0 Å². The Kier molecular flexibility index (Phi) is 4.77. The molecular weight excluding hydrogens is 372 g/mol. The molecule has 114 valence electrons. The summed E-state index contributed by atoms with van der Waals surface area (Å²) in [5, 5.41) is 0. The fourth-order valence-corrected chi connectivity index (χ4v) is 4.89. The molecule has 1 aromatic heterocycles. The number of aryl methyl sites for hydroxylation is 2. The minimum Gasteiger partial charge on any atom is -0.398 e. The fourth-order valence-electron chi connectivity index (χ4n) is 2.00. The number of nitrogens with one attached hydrogen (secondary N) is 1. The number of thiophene rings is 1. The minimum absolute atomic E-state index is 0.211. The molecular formula is C14H17BrN2O2S2. The van der Waals surface area contributed by atoms with Gasteiger partial charge in [0.05, 0.1) is 10.9 Å². The van der Waals surface area contributed by atoms with E-state index >= 15 is 0 Å². The third kappa shape index (κ3) is 3.66. The number of benzene rings is 1. The number of sulfonamides is 1. The molecule has 7 heteroatoms. The molecule has 2 rings (SSSR count). The van der Waals surface area contributed by atoms with E-state index in [0.717, 1.165) is 9.75 Å². The van der Waals surface area contributed by atoms with E-state index in [9.17, 15) is 8.42 Å². The quantitative estimate of drug-likeness (QED) is 0.783. The van der Waals surface area contributed by atoms with Crippen molar-refractivity contribution in [3.63, 3.8) is 0 Å². The first-order valence-electron chi connectivity index (χ1n) is 6.35. The summed E-state index contributed by atoms with van der Waals surface area (Å²) in [4.78, 5) is 2.35. The topological polar surface area (TPSA) is 72.2 Å². The SMILES string of the molecule is Cc1ccc(C(C)NS(=O)(=O)c2cc(N)c(Br)cc2C)s1. The maximum absolute atomic E-state index is 12.5. The highest BCUT2D eigenvalue weighted by molar-refractivity contribution is 9.10. The smallest absolute Gasteiger partial charge is 0.241 e. The molecule has 0 saturated carbocycles. The number of anilines is 1. The third-order valence-electron chi connectivity index (χ3n) is 3.10. The zero-order valence-electron chi connectivity index (χ0n) is 12.0. The van der Waals surface area contributed by atoms with Gasteiger partial charge in [0.1, 0.15) is 0 Å². The van der Waals surface area contributed by atoms with E-state index in [-0.39, 0.29) is 10.9 Å². The summed E-state index contributed by atoms with van der Waals surface area (Å²) in [5.74, 6) is 0. The maximum atomic E-state index is 12.5. The molecule has 0 fully saturated rings. The molecule has 3 N–H and O–H groups in total. The van der Waals surface area contributed by atoms with E-state index in [4.69, 9.17) is 5.73 Å². The van der Waals surface area contributed by atoms with Crippen molar-refractivity contribution in [2.24, 2.45) is 0 Å². The highest BCUT2D eigenvalue weighted by Gasteiger charge is 2.22. The number of nitrogens with two attached hydrogens (primary N) is 1. The molecule has 2 aromatic rings. The Bertz CT molecular complexity index is 769. The summed E-state index contributed by atoms with van der Waals surface area (Å²) in [6.45, 7) is 5.58. The molecule has 0 amide bonds. The largest absolute Gasteiger partial charge is 0.398 e. The Labute approximate surface area is 137 Å². The van der Waals surface area contributed by atoms with Gasteiger partial charge in [-0.1, -0.05) is 0 Å². The summed E-state index contributed by atoms with van der Waals surface area (Å²) in [7, 11) is -3.61. The lowest BCUT2D eigenvalue weighted by Crippen LogP contribution is -2.27. The maximum Gasteiger partial charge on any atom is 0.241 e. The summed E-state index contributed by atoms with van der Waals surface area (Å²) >= 11 is 4.88. The second-order valence-corrected chi connectivity index (χ2v) is 8.79. The van der Waals surface area contributed by atoms with Crippen LogP contribution in [0.15, 0.2) is 33.6 Å².